The molecule has 12 heavy (non-hydrogen) atoms. The van der Waals surface area contributed by atoms with Crippen molar-refractivity contribution in [3.05, 3.63) is 12.2 Å². The van der Waals surface area contributed by atoms with E-state index in [9.17, 15) is 0 Å². The minimum Gasteiger partial charge on any atom is -0.383 e. The smallest absolute Gasteiger partial charge is 0.153 e. The Balaban J connectivity index is 2.52. The van der Waals surface area contributed by atoms with Crippen molar-refractivity contribution in [2.45, 2.75) is 26.3 Å². The maximum absolute atomic E-state index is 4.93. The molecule has 0 amide bonds. The molecule has 1 heterocycles. The van der Waals surface area contributed by atoms with Crippen LogP contribution in [0.25, 0.3) is 0 Å². The summed E-state index contributed by atoms with van der Waals surface area (Å²) in [6.07, 6.45) is 1.74. The molecule has 0 atom stereocenters. The summed E-state index contributed by atoms with van der Waals surface area (Å²) >= 11 is 0. The molecule has 1 aromatic heterocycles. The number of ether oxygens (including phenoxy) is 1. The highest BCUT2D eigenvalue weighted by molar-refractivity contribution is 4.88. The van der Waals surface area contributed by atoms with Gasteiger partial charge in [-0.25, -0.2) is 4.98 Å². The Morgan fingerprint density at radius 1 is 1.58 bits per heavy atom. The van der Waals surface area contributed by atoms with E-state index in [2.05, 4.69) is 23.9 Å². The van der Waals surface area contributed by atoms with Gasteiger partial charge in [-0.3, -0.25) is 4.68 Å². The molecule has 0 aliphatic carbocycles. The average molecular weight is 169 g/mol. The highest BCUT2D eigenvalue weighted by atomic mass is 16.5. The first-order chi connectivity index (χ1) is 5.74. The standard InChI is InChI=1S/C8H15N3O/c1-7(2)8-9-6-11(10-8)4-5-12-3/h6-7H,4-5H2,1-3H3. The van der Waals surface area contributed by atoms with E-state index in [-0.39, 0.29) is 0 Å². The third-order valence-corrected chi connectivity index (χ3v) is 1.60. The first-order valence-electron chi connectivity index (χ1n) is 4.12. The molecule has 0 radical (unpaired) electrons. The third-order valence-electron chi connectivity index (χ3n) is 1.60. The van der Waals surface area contributed by atoms with Crippen molar-refractivity contribution in [2.75, 3.05) is 13.7 Å². The number of rotatable bonds is 4. The van der Waals surface area contributed by atoms with Gasteiger partial charge in [-0.2, -0.15) is 5.10 Å². The number of nitrogens with zero attached hydrogens (tertiary/aromatic N) is 3. The predicted molar refractivity (Wildman–Crippen MR) is 46.0 cm³/mol. The molecule has 0 bridgehead atoms. The van der Waals surface area contributed by atoms with Gasteiger partial charge in [-0.05, 0) is 0 Å². The molecule has 0 saturated heterocycles. The molecule has 0 N–H and O–H groups in total. The second kappa shape index (κ2) is 4.21. The largest absolute Gasteiger partial charge is 0.383 e. The monoisotopic (exact) mass is 169 g/mol. The summed E-state index contributed by atoms with van der Waals surface area (Å²) in [6.45, 7) is 5.61. The topological polar surface area (TPSA) is 39.9 Å². The van der Waals surface area contributed by atoms with E-state index in [0.29, 0.717) is 12.5 Å². The van der Waals surface area contributed by atoms with Crippen molar-refractivity contribution in [3.8, 4) is 0 Å². The molecule has 0 saturated carbocycles. The fraction of sp³-hybridized carbons (Fsp3) is 0.750. The number of methoxy groups -OCH3 is 1. The first-order valence-corrected chi connectivity index (χ1v) is 4.12. The van der Waals surface area contributed by atoms with Gasteiger partial charge in [0.2, 0.25) is 0 Å². The minimum atomic E-state index is 0.397. The summed E-state index contributed by atoms with van der Waals surface area (Å²) in [4.78, 5) is 4.16. The van der Waals surface area contributed by atoms with Gasteiger partial charge in [0.25, 0.3) is 0 Å². The van der Waals surface area contributed by atoms with Crippen molar-refractivity contribution in [1.29, 1.82) is 0 Å². The Morgan fingerprint density at radius 2 is 2.33 bits per heavy atom. The van der Waals surface area contributed by atoms with Crippen LogP contribution in [0.15, 0.2) is 6.33 Å². The van der Waals surface area contributed by atoms with Crippen molar-refractivity contribution >= 4 is 0 Å². The molecule has 4 heteroatoms. The third kappa shape index (κ3) is 2.30. The van der Waals surface area contributed by atoms with E-state index in [1.54, 1.807) is 18.1 Å². The van der Waals surface area contributed by atoms with E-state index in [1.807, 2.05) is 0 Å². The van der Waals surface area contributed by atoms with Crippen LogP contribution in [0.2, 0.25) is 0 Å². The summed E-state index contributed by atoms with van der Waals surface area (Å²) < 4.78 is 6.73. The van der Waals surface area contributed by atoms with Gasteiger partial charge in [0.15, 0.2) is 5.82 Å². The molecule has 68 valence electrons. The van der Waals surface area contributed by atoms with Gasteiger partial charge in [0.05, 0.1) is 13.2 Å². The predicted octanol–water partition coefficient (Wildman–Crippen LogP) is 1.05. The van der Waals surface area contributed by atoms with Crippen molar-refractivity contribution in [1.82, 2.24) is 14.8 Å². The lowest BCUT2D eigenvalue weighted by atomic mass is 10.2. The molecular formula is C8H15N3O. The van der Waals surface area contributed by atoms with Gasteiger partial charge in [-0.15, -0.1) is 0 Å². The highest BCUT2D eigenvalue weighted by Gasteiger charge is 2.03. The maximum Gasteiger partial charge on any atom is 0.153 e. The SMILES string of the molecule is COCCn1cnc(C(C)C)n1. The van der Waals surface area contributed by atoms with Gasteiger partial charge < -0.3 is 4.74 Å². The quantitative estimate of drug-likeness (QED) is 0.676. The fourth-order valence-electron chi connectivity index (χ4n) is 0.866. The van der Waals surface area contributed by atoms with E-state index < -0.39 is 0 Å². The van der Waals surface area contributed by atoms with Crippen molar-refractivity contribution in [2.24, 2.45) is 0 Å². The highest BCUT2D eigenvalue weighted by Crippen LogP contribution is 2.06. The molecule has 0 fully saturated rings. The summed E-state index contributed by atoms with van der Waals surface area (Å²) in [7, 11) is 1.68. The zero-order valence-electron chi connectivity index (χ0n) is 7.82. The molecule has 0 aliphatic rings. The van der Waals surface area contributed by atoms with Crippen LogP contribution in [0, 0.1) is 0 Å². The maximum atomic E-state index is 4.93. The van der Waals surface area contributed by atoms with Gasteiger partial charge in [0, 0.05) is 13.0 Å². The average Bonchev–Trinajstić information content (AvgIpc) is 2.48. The Morgan fingerprint density at radius 3 is 2.83 bits per heavy atom. The van der Waals surface area contributed by atoms with Crippen LogP contribution in [0.1, 0.15) is 25.6 Å². The van der Waals surface area contributed by atoms with E-state index in [4.69, 9.17) is 4.74 Å². The van der Waals surface area contributed by atoms with Crippen LogP contribution in [0.4, 0.5) is 0 Å². The molecule has 0 aromatic carbocycles. The Labute approximate surface area is 72.6 Å². The van der Waals surface area contributed by atoms with E-state index in [0.717, 1.165) is 12.4 Å². The van der Waals surface area contributed by atoms with E-state index >= 15 is 0 Å². The van der Waals surface area contributed by atoms with E-state index in [1.165, 1.54) is 0 Å². The van der Waals surface area contributed by atoms with Gasteiger partial charge >= 0.3 is 0 Å². The lowest BCUT2D eigenvalue weighted by molar-refractivity contribution is 0.183. The molecular weight excluding hydrogens is 154 g/mol. The summed E-state index contributed by atoms with van der Waals surface area (Å²) in [5, 5.41) is 4.27. The van der Waals surface area contributed by atoms with Crippen LogP contribution < -0.4 is 0 Å². The molecule has 0 unspecified atom stereocenters. The normalized spacial score (nSPS) is 11.0. The lowest BCUT2D eigenvalue weighted by Gasteiger charge is -1.98. The molecule has 1 aromatic rings. The second-order valence-corrected chi connectivity index (χ2v) is 3.01. The number of hydrogen-bond acceptors (Lipinski definition) is 3. The summed E-state index contributed by atoms with van der Waals surface area (Å²) in [5.41, 5.74) is 0. The number of hydrogen-bond donors (Lipinski definition) is 0. The molecule has 0 spiro atoms. The molecule has 4 nitrogen and oxygen atoms in total. The second-order valence-electron chi connectivity index (χ2n) is 3.01. The van der Waals surface area contributed by atoms with Crippen molar-refractivity contribution in [3.63, 3.8) is 0 Å². The number of aromatic nitrogens is 3. The zero-order valence-corrected chi connectivity index (χ0v) is 7.82. The lowest BCUT2D eigenvalue weighted by Crippen LogP contribution is -2.05. The van der Waals surface area contributed by atoms with Crippen LogP contribution >= 0.6 is 0 Å². The van der Waals surface area contributed by atoms with Crippen LogP contribution in [0.5, 0.6) is 0 Å². The summed E-state index contributed by atoms with van der Waals surface area (Å²) in [5.74, 6) is 1.29. The van der Waals surface area contributed by atoms with Gasteiger partial charge in [-0.1, -0.05) is 13.8 Å². The minimum absolute atomic E-state index is 0.397. The Hall–Kier alpha value is -0.900. The Bertz CT molecular complexity index is 232. The fourth-order valence-corrected chi connectivity index (χ4v) is 0.866. The van der Waals surface area contributed by atoms with Crippen LogP contribution in [-0.4, -0.2) is 28.5 Å². The zero-order chi connectivity index (χ0) is 8.97. The Kier molecular flexibility index (Phi) is 3.22. The van der Waals surface area contributed by atoms with Crippen LogP contribution in [0.3, 0.4) is 0 Å². The summed E-state index contributed by atoms with van der Waals surface area (Å²) in [6, 6.07) is 0. The van der Waals surface area contributed by atoms with Gasteiger partial charge in [0.1, 0.15) is 6.33 Å². The molecule has 1 rings (SSSR count). The first kappa shape index (κ1) is 9.19. The molecule has 0 aliphatic heterocycles. The van der Waals surface area contributed by atoms with Crippen LogP contribution in [-0.2, 0) is 11.3 Å². The van der Waals surface area contributed by atoms with Crippen molar-refractivity contribution < 1.29 is 4.74 Å².